The van der Waals surface area contributed by atoms with Crippen LogP contribution in [0.3, 0.4) is 0 Å². The number of hydrogen-bond acceptors (Lipinski definition) is 0. The van der Waals surface area contributed by atoms with Crippen LogP contribution < -0.4 is 15.9 Å². The molecule has 0 bridgehead atoms. The lowest BCUT2D eigenvalue weighted by Gasteiger charge is -2.08. The van der Waals surface area contributed by atoms with Crippen molar-refractivity contribution >= 4 is 43.6 Å². The van der Waals surface area contributed by atoms with Gasteiger partial charge in [0.1, 0.15) is 0 Å². The van der Waals surface area contributed by atoms with Crippen LogP contribution in [0.2, 0.25) is 0 Å². The normalized spacial score (nSPS) is 10.6. The zero-order valence-corrected chi connectivity index (χ0v) is 15.0. The van der Waals surface area contributed by atoms with Crippen LogP contribution in [0.5, 0.6) is 0 Å². The minimum absolute atomic E-state index is 1.21. The Bertz CT molecular complexity index is 777. The van der Waals surface area contributed by atoms with Gasteiger partial charge in [-0.3, -0.25) is 0 Å². The Kier molecular flexibility index (Phi) is 4.51. The average Bonchev–Trinajstić information content (AvgIpc) is 2.51. The minimum Gasteiger partial charge on any atom is -0.106 e. The van der Waals surface area contributed by atoms with Gasteiger partial charge in [-0.05, 0) is 50.3 Å². The maximum Gasteiger partial charge on any atom is -0.0177 e. The van der Waals surface area contributed by atoms with Crippen molar-refractivity contribution in [2.75, 3.05) is 0 Å². The largest absolute Gasteiger partial charge is 0.106 e. The molecule has 104 valence electrons. The molecule has 0 amide bonds. The molecule has 0 aliphatic rings. The van der Waals surface area contributed by atoms with Crippen molar-refractivity contribution in [3.8, 4) is 22.3 Å². The summed E-state index contributed by atoms with van der Waals surface area (Å²) in [5, 5.41) is 3.64. The van der Waals surface area contributed by atoms with Crippen molar-refractivity contribution in [2.45, 2.75) is 0 Å². The fraction of sp³-hybridized carbons (Fsp3) is 0. The van der Waals surface area contributed by atoms with Crippen molar-refractivity contribution in [1.29, 1.82) is 0 Å². The Labute approximate surface area is 133 Å². The molecule has 0 heterocycles. The van der Waals surface area contributed by atoms with E-state index in [4.69, 9.17) is 0 Å². The molecule has 0 aromatic heterocycles. The van der Waals surface area contributed by atoms with E-state index in [1.807, 2.05) is 0 Å². The van der Waals surface area contributed by atoms with Crippen LogP contribution in [-0.4, -0.2) is 0 Å². The zero-order chi connectivity index (χ0) is 14.8. The van der Waals surface area contributed by atoms with Crippen LogP contribution in [-0.2, 0) is 0 Å². The van der Waals surface area contributed by atoms with E-state index >= 15 is 0 Å². The van der Waals surface area contributed by atoms with Crippen LogP contribution >= 0.6 is 27.7 Å². The summed E-state index contributed by atoms with van der Waals surface area (Å²) in [4.78, 5) is 0. The van der Waals surface area contributed by atoms with E-state index in [-0.39, 0.29) is 0 Å². The van der Waals surface area contributed by atoms with Gasteiger partial charge >= 0.3 is 0 Å². The highest BCUT2D eigenvalue weighted by Crippen LogP contribution is 2.26. The molecule has 3 aromatic rings. The van der Waals surface area contributed by atoms with E-state index in [0.29, 0.717) is 0 Å². The van der Waals surface area contributed by atoms with Gasteiger partial charge in [0.2, 0.25) is 0 Å². The third kappa shape index (κ3) is 3.41. The molecule has 3 rings (SSSR count). The topological polar surface area (TPSA) is 0 Å². The van der Waals surface area contributed by atoms with Crippen molar-refractivity contribution in [1.82, 2.24) is 0 Å². The molecular weight excluding hydrogens is 309 g/mol. The Balaban J connectivity index is 2.03. The highest BCUT2D eigenvalue weighted by Gasteiger charge is 2.03. The molecule has 0 radical (unpaired) electrons. The monoisotopic (exact) mass is 326 g/mol. The molecule has 0 fully saturated rings. The van der Waals surface area contributed by atoms with Crippen molar-refractivity contribution in [3.05, 3.63) is 66.7 Å². The van der Waals surface area contributed by atoms with Gasteiger partial charge in [-0.25, -0.2) is 0 Å². The van der Waals surface area contributed by atoms with Gasteiger partial charge < -0.3 is 0 Å². The average molecular weight is 326 g/mol. The molecule has 0 N–H and O–H groups in total. The smallest absolute Gasteiger partial charge is 0.0177 e. The summed E-state index contributed by atoms with van der Waals surface area (Å²) >= 11 is 0. The molecule has 21 heavy (non-hydrogen) atoms. The highest BCUT2D eigenvalue weighted by molar-refractivity contribution is 7.35. The molecule has 0 nitrogen and oxygen atoms in total. The summed E-state index contributed by atoms with van der Waals surface area (Å²) in [6.07, 6.45) is 0. The fourth-order valence-corrected chi connectivity index (χ4v) is 2.96. The third-order valence-corrected chi connectivity index (χ3v) is 5.27. The lowest BCUT2D eigenvalue weighted by Crippen LogP contribution is -2.09. The van der Waals surface area contributed by atoms with Crippen LogP contribution in [0.4, 0.5) is 0 Å². The first-order chi connectivity index (χ1) is 10.1. The summed E-state index contributed by atoms with van der Waals surface area (Å²) in [7, 11) is 8.27. The molecular formula is C18H17P3. The maximum atomic E-state index is 2.79. The summed E-state index contributed by atoms with van der Waals surface area (Å²) in [6.45, 7) is 0. The number of rotatable bonds is 2. The van der Waals surface area contributed by atoms with Crippen LogP contribution in [0.1, 0.15) is 0 Å². The lowest BCUT2D eigenvalue weighted by molar-refractivity contribution is 1.61. The second kappa shape index (κ2) is 6.37. The summed E-state index contributed by atoms with van der Waals surface area (Å²) in [5.74, 6) is 0. The summed E-state index contributed by atoms with van der Waals surface area (Å²) in [6, 6.07) is 23.8. The molecule has 3 aromatic carbocycles. The standard InChI is InChI=1S/C18H17P3/c19-16-7-4-12(5-8-16)13-2-1-3-14(10-13)15-6-9-17(20)18(21)11-15/h1-11H,19-21H2. The molecule has 0 saturated carbocycles. The SMILES string of the molecule is Pc1ccc(-c2cccc(-c3ccc(P)c(P)c3)c2)cc1. The van der Waals surface area contributed by atoms with E-state index in [0.717, 1.165) is 0 Å². The number of benzene rings is 3. The van der Waals surface area contributed by atoms with Crippen LogP contribution in [0, 0.1) is 0 Å². The minimum atomic E-state index is 1.21. The quantitative estimate of drug-likeness (QED) is 0.632. The predicted octanol–water partition coefficient (Wildman–Crippen LogP) is 3.52. The van der Waals surface area contributed by atoms with Gasteiger partial charge in [-0.15, -0.1) is 27.7 Å². The Hall–Kier alpha value is -1.05. The molecule has 3 heteroatoms. The molecule has 0 saturated heterocycles. The Morgan fingerprint density at radius 2 is 1.05 bits per heavy atom. The molecule has 3 atom stereocenters. The Morgan fingerprint density at radius 1 is 0.476 bits per heavy atom. The van der Waals surface area contributed by atoms with Crippen LogP contribution in [0.25, 0.3) is 22.3 Å². The van der Waals surface area contributed by atoms with Crippen molar-refractivity contribution < 1.29 is 0 Å². The van der Waals surface area contributed by atoms with E-state index in [1.165, 1.54) is 38.2 Å². The molecule has 3 unspecified atom stereocenters. The van der Waals surface area contributed by atoms with Crippen LogP contribution in [0.15, 0.2) is 66.7 Å². The van der Waals surface area contributed by atoms with Gasteiger partial charge in [-0.2, -0.15) is 0 Å². The Morgan fingerprint density at radius 3 is 1.71 bits per heavy atom. The lowest BCUT2D eigenvalue weighted by atomic mass is 9.99. The van der Waals surface area contributed by atoms with Gasteiger partial charge in [0.05, 0.1) is 0 Å². The van der Waals surface area contributed by atoms with Gasteiger partial charge in [0.15, 0.2) is 0 Å². The van der Waals surface area contributed by atoms with E-state index < -0.39 is 0 Å². The van der Waals surface area contributed by atoms with Crippen molar-refractivity contribution in [3.63, 3.8) is 0 Å². The first-order valence-electron chi connectivity index (χ1n) is 6.75. The first kappa shape index (κ1) is 14.9. The maximum absolute atomic E-state index is 2.79. The number of hydrogen-bond donors (Lipinski definition) is 0. The molecule has 0 spiro atoms. The van der Waals surface area contributed by atoms with E-state index in [1.54, 1.807) is 0 Å². The van der Waals surface area contributed by atoms with Crippen molar-refractivity contribution in [2.24, 2.45) is 0 Å². The van der Waals surface area contributed by atoms with Gasteiger partial charge in [0, 0.05) is 0 Å². The van der Waals surface area contributed by atoms with Gasteiger partial charge in [0.25, 0.3) is 0 Å². The second-order valence-corrected chi connectivity index (χ2v) is 6.96. The molecule has 0 aliphatic carbocycles. The van der Waals surface area contributed by atoms with E-state index in [2.05, 4.69) is 94.4 Å². The zero-order valence-electron chi connectivity index (χ0n) is 11.6. The fourth-order valence-electron chi connectivity index (χ4n) is 2.31. The highest BCUT2D eigenvalue weighted by atomic mass is 31.0. The third-order valence-electron chi connectivity index (χ3n) is 3.53. The summed E-state index contributed by atoms with van der Waals surface area (Å²) in [5.41, 5.74) is 4.99. The molecule has 0 aliphatic heterocycles. The predicted molar refractivity (Wildman–Crippen MR) is 105 cm³/mol. The second-order valence-electron chi connectivity index (χ2n) is 5.05. The van der Waals surface area contributed by atoms with E-state index in [9.17, 15) is 0 Å². The summed E-state index contributed by atoms with van der Waals surface area (Å²) < 4.78 is 0. The van der Waals surface area contributed by atoms with Gasteiger partial charge in [-0.1, -0.05) is 54.6 Å². The first-order valence-corrected chi connectivity index (χ1v) is 8.48.